The molecule has 1 saturated heterocycles. The number of anilines is 1. The first-order chi connectivity index (χ1) is 13.2. The second-order valence-electron chi connectivity index (χ2n) is 6.36. The minimum Gasteiger partial charge on any atom is -0.345 e. The van der Waals surface area contributed by atoms with E-state index >= 15 is 0 Å². The van der Waals surface area contributed by atoms with Gasteiger partial charge in [-0.3, -0.25) is 4.79 Å². The Kier molecular flexibility index (Phi) is 3.98. The number of piperazine rings is 1. The Morgan fingerprint density at radius 1 is 0.963 bits per heavy atom. The Balaban J connectivity index is 1.30. The average molecular weight is 399 g/mol. The molecule has 1 amide bonds. The third-order valence-corrected chi connectivity index (χ3v) is 6.31. The van der Waals surface area contributed by atoms with E-state index in [0.717, 1.165) is 38.1 Å². The van der Waals surface area contributed by atoms with Crippen molar-refractivity contribution in [1.29, 1.82) is 0 Å². The molecule has 0 unspecified atom stereocenters. The van der Waals surface area contributed by atoms with Gasteiger partial charge in [0.25, 0.3) is 5.91 Å². The summed E-state index contributed by atoms with van der Waals surface area (Å²) in [5.41, 5.74) is 3.01. The molecule has 0 bridgehead atoms. The molecule has 6 nitrogen and oxygen atoms in total. The van der Waals surface area contributed by atoms with Crippen molar-refractivity contribution in [2.75, 3.05) is 31.1 Å². The summed E-state index contributed by atoms with van der Waals surface area (Å²) in [5, 5.41) is 0.873. The lowest BCUT2D eigenvalue weighted by molar-refractivity contribution is 0.0747. The maximum absolute atomic E-state index is 13.4. The minimum atomic E-state index is -0.250. The van der Waals surface area contributed by atoms with Crippen LogP contribution in [0.1, 0.15) is 10.4 Å². The summed E-state index contributed by atoms with van der Waals surface area (Å²) in [6.45, 7) is 2.65. The first kappa shape index (κ1) is 16.5. The van der Waals surface area contributed by atoms with Crippen LogP contribution in [0.4, 0.5) is 9.52 Å². The van der Waals surface area contributed by atoms with E-state index in [4.69, 9.17) is 0 Å². The fraction of sp³-hybridized carbons (Fsp3) is 0.222. The van der Waals surface area contributed by atoms with E-state index in [0.29, 0.717) is 31.7 Å². The predicted molar refractivity (Wildman–Crippen MR) is 105 cm³/mol. The molecule has 136 valence electrons. The van der Waals surface area contributed by atoms with Crippen LogP contribution < -0.4 is 4.90 Å². The van der Waals surface area contributed by atoms with Crippen LogP contribution in [0.2, 0.25) is 0 Å². The van der Waals surface area contributed by atoms with Crippen molar-refractivity contribution in [1.82, 2.24) is 18.6 Å². The normalized spacial score (nSPS) is 15.0. The van der Waals surface area contributed by atoms with Crippen LogP contribution >= 0.6 is 23.1 Å². The van der Waals surface area contributed by atoms with Crippen LogP contribution in [0.5, 0.6) is 0 Å². The number of carbonyl (C=O) groups is 1. The van der Waals surface area contributed by atoms with E-state index in [9.17, 15) is 9.18 Å². The average Bonchev–Trinajstić information content (AvgIpc) is 3.33. The van der Waals surface area contributed by atoms with Gasteiger partial charge in [0.2, 0.25) is 0 Å². The lowest BCUT2D eigenvalue weighted by atomic mass is 10.1. The van der Waals surface area contributed by atoms with Crippen molar-refractivity contribution in [3.63, 3.8) is 0 Å². The van der Waals surface area contributed by atoms with Gasteiger partial charge in [0.1, 0.15) is 16.9 Å². The second kappa shape index (κ2) is 6.50. The molecule has 0 N–H and O–H groups in total. The molecule has 9 heteroatoms. The Morgan fingerprint density at radius 3 is 2.59 bits per heavy atom. The van der Waals surface area contributed by atoms with Gasteiger partial charge in [-0.15, -0.1) is 0 Å². The van der Waals surface area contributed by atoms with E-state index in [2.05, 4.69) is 18.6 Å². The van der Waals surface area contributed by atoms with E-state index in [1.54, 1.807) is 18.2 Å². The summed E-state index contributed by atoms with van der Waals surface area (Å²) >= 11 is 2.63. The van der Waals surface area contributed by atoms with Crippen molar-refractivity contribution < 1.29 is 9.18 Å². The number of fused-ring (bicyclic) bond motifs is 2. The van der Waals surface area contributed by atoms with Gasteiger partial charge < -0.3 is 9.80 Å². The highest BCUT2D eigenvalue weighted by molar-refractivity contribution is 7.22. The first-order valence-corrected chi connectivity index (χ1v) is 10.0. The number of rotatable bonds is 2. The highest BCUT2D eigenvalue weighted by Gasteiger charge is 2.24. The third kappa shape index (κ3) is 3.02. The van der Waals surface area contributed by atoms with Gasteiger partial charge in [-0.1, -0.05) is 11.3 Å². The van der Waals surface area contributed by atoms with Crippen LogP contribution in [0.25, 0.3) is 21.3 Å². The number of thiazole rings is 1. The van der Waals surface area contributed by atoms with Crippen molar-refractivity contribution >= 4 is 55.4 Å². The molecule has 1 aliphatic rings. The Labute approximate surface area is 162 Å². The third-order valence-electron chi connectivity index (χ3n) is 4.68. The Morgan fingerprint density at radius 2 is 1.74 bits per heavy atom. The molecular weight excluding hydrogens is 385 g/mol. The van der Waals surface area contributed by atoms with Crippen molar-refractivity contribution in [2.24, 2.45) is 0 Å². The monoisotopic (exact) mass is 399 g/mol. The molecule has 1 aliphatic heterocycles. The summed E-state index contributed by atoms with van der Waals surface area (Å²) in [7, 11) is 0. The van der Waals surface area contributed by atoms with Gasteiger partial charge in [0.05, 0.1) is 21.9 Å². The van der Waals surface area contributed by atoms with Crippen LogP contribution in [-0.4, -0.2) is 50.7 Å². The number of aromatic nitrogens is 3. The minimum absolute atomic E-state index is 0.0101. The van der Waals surface area contributed by atoms with Crippen LogP contribution in [-0.2, 0) is 0 Å². The predicted octanol–water partition coefficient (Wildman–Crippen LogP) is 3.40. The summed E-state index contributed by atoms with van der Waals surface area (Å²) in [6, 6.07) is 10.1. The molecule has 0 saturated carbocycles. The summed E-state index contributed by atoms with van der Waals surface area (Å²) < 4.78 is 22.6. The lowest BCUT2D eigenvalue weighted by Crippen LogP contribution is -2.48. The smallest absolute Gasteiger partial charge is 0.254 e. The maximum atomic E-state index is 13.4. The molecule has 2 aromatic heterocycles. The molecule has 5 rings (SSSR count). The number of hydrogen-bond acceptors (Lipinski definition) is 7. The van der Waals surface area contributed by atoms with Crippen molar-refractivity contribution in [3.05, 3.63) is 47.8 Å². The molecule has 27 heavy (non-hydrogen) atoms. The number of carbonyl (C=O) groups excluding carboxylic acids is 1. The number of amides is 1. The van der Waals surface area contributed by atoms with E-state index in [-0.39, 0.29) is 11.7 Å². The molecule has 0 radical (unpaired) electrons. The lowest BCUT2D eigenvalue weighted by Gasteiger charge is -2.34. The van der Waals surface area contributed by atoms with Crippen LogP contribution in [0.3, 0.4) is 0 Å². The highest BCUT2D eigenvalue weighted by atomic mass is 32.1. The number of hydrogen-bond donors (Lipinski definition) is 0. The zero-order chi connectivity index (χ0) is 18.4. The summed E-state index contributed by atoms with van der Waals surface area (Å²) in [4.78, 5) is 21.4. The summed E-state index contributed by atoms with van der Waals surface area (Å²) in [5.74, 6) is -0.240. The number of benzene rings is 2. The Bertz CT molecular complexity index is 1150. The van der Waals surface area contributed by atoms with Gasteiger partial charge in [-0.25, -0.2) is 9.37 Å². The topological polar surface area (TPSA) is 62.2 Å². The second-order valence-corrected chi connectivity index (χ2v) is 7.89. The van der Waals surface area contributed by atoms with E-state index in [1.807, 2.05) is 11.0 Å². The molecular formula is C18H14FN5OS2. The molecule has 2 aromatic carbocycles. The zero-order valence-corrected chi connectivity index (χ0v) is 15.8. The van der Waals surface area contributed by atoms with Crippen molar-refractivity contribution in [3.8, 4) is 0 Å². The fourth-order valence-corrected chi connectivity index (χ4v) is 4.78. The van der Waals surface area contributed by atoms with E-state index in [1.165, 1.54) is 23.5 Å². The van der Waals surface area contributed by atoms with E-state index < -0.39 is 0 Å². The highest BCUT2D eigenvalue weighted by Crippen LogP contribution is 2.30. The zero-order valence-electron chi connectivity index (χ0n) is 14.1. The molecule has 3 heterocycles. The van der Waals surface area contributed by atoms with Gasteiger partial charge in [0, 0.05) is 31.7 Å². The fourth-order valence-electron chi connectivity index (χ4n) is 3.22. The van der Waals surface area contributed by atoms with Gasteiger partial charge in [-0.2, -0.15) is 8.75 Å². The van der Waals surface area contributed by atoms with Gasteiger partial charge in [0.15, 0.2) is 5.13 Å². The molecule has 0 spiro atoms. The van der Waals surface area contributed by atoms with Crippen LogP contribution in [0, 0.1) is 5.82 Å². The largest absolute Gasteiger partial charge is 0.345 e. The SMILES string of the molecule is O=C(c1ccc2nsnc2c1)N1CCN(c2nc3ccc(F)cc3s2)CC1. The van der Waals surface area contributed by atoms with Gasteiger partial charge >= 0.3 is 0 Å². The van der Waals surface area contributed by atoms with Crippen molar-refractivity contribution in [2.45, 2.75) is 0 Å². The van der Waals surface area contributed by atoms with Crippen LogP contribution in [0.15, 0.2) is 36.4 Å². The standard InChI is InChI=1S/C18H14FN5OS2/c19-12-2-4-14-16(10-12)26-18(20-14)24-7-5-23(6-8-24)17(25)11-1-3-13-15(9-11)22-27-21-13/h1-4,9-10H,5-8H2. The quantitative estimate of drug-likeness (QED) is 0.517. The number of halogens is 1. The first-order valence-electron chi connectivity index (χ1n) is 8.50. The molecule has 4 aromatic rings. The molecule has 0 aliphatic carbocycles. The molecule has 0 atom stereocenters. The Hall–Kier alpha value is -2.65. The number of nitrogens with zero attached hydrogens (tertiary/aromatic N) is 5. The maximum Gasteiger partial charge on any atom is 0.254 e. The summed E-state index contributed by atoms with van der Waals surface area (Å²) in [6.07, 6.45) is 0. The molecule has 1 fully saturated rings. The van der Waals surface area contributed by atoms with Gasteiger partial charge in [-0.05, 0) is 36.4 Å².